The molecular weight excluding hydrogens is 370 g/mol. The van der Waals surface area contributed by atoms with E-state index in [4.69, 9.17) is 9.47 Å². The lowest BCUT2D eigenvalue weighted by Crippen LogP contribution is -2.38. The molecule has 6 nitrogen and oxygen atoms in total. The third kappa shape index (κ3) is 5.40. The van der Waals surface area contributed by atoms with Gasteiger partial charge in [0.2, 0.25) is 0 Å². The number of amides is 1. The number of morpholine rings is 1. The monoisotopic (exact) mass is 392 g/mol. The highest BCUT2D eigenvalue weighted by Crippen LogP contribution is 2.22. The zero-order valence-electron chi connectivity index (χ0n) is 15.3. The number of benzene rings is 2. The number of phenols is 1. The van der Waals surface area contributed by atoms with Crippen LogP contribution in [-0.4, -0.2) is 55.4 Å². The Balaban J connectivity index is 1.52. The summed E-state index contributed by atoms with van der Waals surface area (Å²) in [6.07, 6.45) is 0. The Hall–Kier alpha value is -2.71. The molecule has 0 aliphatic carbocycles. The molecule has 2 aromatic carbocycles. The van der Waals surface area contributed by atoms with E-state index in [0.29, 0.717) is 24.5 Å². The molecule has 28 heavy (non-hydrogen) atoms. The van der Waals surface area contributed by atoms with Crippen molar-refractivity contribution in [2.24, 2.45) is 0 Å². The van der Waals surface area contributed by atoms with Crippen LogP contribution in [0.1, 0.15) is 15.9 Å². The van der Waals surface area contributed by atoms with Gasteiger partial charge in [-0.05, 0) is 17.7 Å². The number of nitrogens with one attached hydrogen (secondary N) is 1. The van der Waals surface area contributed by atoms with Crippen LogP contribution in [0.2, 0.25) is 0 Å². The van der Waals surface area contributed by atoms with E-state index in [2.05, 4.69) is 10.2 Å². The molecule has 1 saturated heterocycles. The maximum Gasteiger partial charge on any atom is 0.258 e. The van der Waals surface area contributed by atoms with Crippen molar-refractivity contribution >= 4 is 5.91 Å². The van der Waals surface area contributed by atoms with E-state index in [9.17, 15) is 18.7 Å². The molecule has 0 bridgehead atoms. The van der Waals surface area contributed by atoms with Crippen molar-refractivity contribution in [1.82, 2.24) is 10.2 Å². The fourth-order valence-corrected chi connectivity index (χ4v) is 2.92. The summed E-state index contributed by atoms with van der Waals surface area (Å²) < 4.78 is 37.8. The Morgan fingerprint density at radius 2 is 2.00 bits per heavy atom. The standard InChI is InChI=1S/C20H22F2N2O4/c21-15-11-17(22)19(18(25)12-15)20(26)23-13-14-2-1-3-16(10-14)28-9-6-24-4-7-27-8-5-24/h1-3,10-12,25H,4-9,13H2,(H,23,26). The van der Waals surface area contributed by atoms with Crippen LogP contribution >= 0.6 is 0 Å². The van der Waals surface area contributed by atoms with Gasteiger partial charge in [-0.1, -0.05) is 12.1 Å². The SMILES string of the molecule is O=C(NCc1cccc(OCCN2CCOCC2)c1)c1c(O)cc(F)cc1F. The van der Waals surface area contributed by atoms with Crippen molar-refractivity contribution in [3.63, 3.8) is 0 Å². The minimum atomic E-state index is -1.12. The molecular formula is C20H22F2N2O4. The number of nitrogens with zero attached hydrogens (tertiary/aromatic N) is 1. The first kappa shape index (κ1) is 20.0. The highest BCUT2D eigenvalue weighted by molar-refractivity contribution is 5.97. The molecule has 2 aromatic rings. The second-order valence-electron chi connectivity index (χ2n) is 6.41. The van der Waals surface area contributed by atoms with Crippen molar-refractivity contribution < 1.29 is 28.2 Å². The van der Waals surface area contributed by atoms with Crippen LogP contribution < -0.4 is 10.1 Å². The largest absolute Gasteiger partial charge is 0.507 e. The Labute approximate surface area is 161 Å². The average molecular weight is 392 g/mol. The molecule has 2 N–H and O–H groups in total. The lowest BCUT2D eigenvalue weighted by molar-refractivity contribution is 0.0322. The predicted octanol–water partition coefficient (Wildman–Crippen LogP) is 2.31. The first-order chi connectivity index (χ1) is 13.5. The molecule has 8 heteroatoms. The van der Waals surface area contributed by atoms with E-state index >= 15 is 0 Å². The van der Waals surface area contributed by atoms with Crippen LogP contribution in [0.4, 0.5) is 8.78 Å². The number of rotatable bonds is 7. The maximum absolute atomic E-state index is 13.8. The molecule has 1 aliphatic heterocycles. The number of hydrogen-bond acceptors (Lipinski definition) is 5. The van der Waals surface area contributed by atoms with E-state index in [-0.39, 0.29) is 6.54 Å². The van der Waals surface area contributed by atoms with Crippen LogP contribution in [0.3, 0.4) is 0 Å². The topological polar surface area (TPSA) is 71.0 Å². The summed E-state index contributed by atoms with van der Waals surface area (Å²) in [5.41, 5.74) is 0.165. The molecule has 0 radical (unpaired) electrons. The number of halogens is 2. The number of carbonyl (C=O) groups excluding carboxylic acids is 1. The van der Waals surface area contributed by atoms with E-state index < -0.39 is 28.9 Å². The third-order valence-corrected chi connectivity index (χ3v) is 4.39. The van der Waals surface area contributed by atoms with Crippen LogP contribution in [0.25, 0.3) is 0 Å². The van der Waals surface area contributed by atoms with Gasteiger partial charge in [0, 0.05) is 38.3 Å². The number of carbonyl (C=O) groups is 1. The summed E-state index contributed by atoms with van der Waals surface area (Å²) in [4.78, 5) is 14.4. The minimum absolute atomic E-state index is 0.107. The molecule has 150 valence electrons. The van der Waals surface area contributed by atoms with Crippen LogP contribution in [0, 0.1) is 11.6 Å². The van der Waals surface area contributed by atoms with Gasteiger partial charge in [0.05, 0.1) is 13.2 Å². The molecule has 0 aromatic heterocycles. The average Bonchev–Trinajstić information content (AvgIpc) is 2.67. The second kappa shape index (κ2) is 9.48. The summed E-state index contributed by atoms with van der Waals surface area (Å²) in [6, 6.07) is 8.42. The summed E-state index contributed by atoms with van der Waals surface area (Å²) in [5.74, 6) is -2.97. The third-order valence-electron chi connectivity index (χ3n) is 4.39. The van der Waals surface area contributed by atoms with Gasteiger partial charge in [-0.15, -0.1) is 0 Å². The van der Waals surface area contributed by atoms with Crippen molar-refractivity contribution in [3.05, 3.63) is 59.2 Å². The van der Waals surface area contributed by atoms with Gasteiger partial charge in [0.1, 0.15) is 35.3 Å². The molecule has 0 saturated carbocycles. The lowest BCUT2D eigenvalue weighted by Gasteiger charge is -2.26. The zero-order chi connectivity index (χ0) is 19.9. The number of phenolic OH excluding ortho intramolecular Hbond substituents is 1. The van der Waals surface area contributed by atoms with Gasteiger partial charge in [-0.2, -0.15) is 0 Å². The smallest absolute Gasteiger partial charge is 0.258 e. The molecule has 0 spiro atoms. The van der Waals surface area contributed by atoms with E-state index in [0.717, 1.165) is 38.4 Å². The van der Waals surface area contributed by atoms with Crippen molar-refractivity contribution in [3.8, 4) is 11.5 Å². The predicted molar refractivity (Wildman–Crippen MR) is 98.4 cm³/mol. The molecule has 1 aliphatic rings. The first-order valence-corrected chi connectivity index (χ1v) is 9.01. The van der Waals surface area contributed by atoms with Crippen LogP contribution in [0.5, 0.6) is 11.5 Å². The number of hydrogen-bond donors (Lipinski definition) is 2. The summed E-state index contributed by atoms with van der Waals surface area (Å²) in [6.45, 7) is 4.69. The fraction of sp³-hybridized carbons (Fsp3) is 0.350. The van der Waals surface area contributed by atoms with Gasteiger partial charge in [-0.25, -0.2) is 8.78 Å². The Bertz CT molecular complexity index is 803. The fourth-order valence-electron chi connectivity index (χ4n) is 2.92. The summed E-state index contributed by atoms with van der Waals surface area (Å²) in [5, 5.41) is 12.1. The number of aromatic hydroxyl groups is 1. The minimum Gasteiger partial charge on any atom is -0.507 e. The molecule has 0 atom stereocenters. The lowest BCUT2D eigenvalue weighted by atomic mass is 10.1. The van der Waals surface area contributed by atoms with Gasteiger partial charge < -0.3 is 19.9 Å². The summed E-state index contributed by atoms with van der Waals surface area (Å²) in [7, 11) is 0. The van der Waals surface area contributed by atoms with Gasteiger partial charge in [-0.3, -0.25) is 9.69 Å². The van der Waals surface area contributed by atoms with E-state index in [1.807, 2.05) is 6.07 Å². The second-order valence-corrected chi connectivity index (χ2v) is 6.41. The molecule has 3 rings (SSSR count). The highest BCUT2D eigenvalue weighted by atomic mass is 19.1. The summed E-state index contributed by atoms with van der Waals surface area (Å²) >= 11 is 0. The molecule has 1 heterocycles. The Kier molecular flexibility index (Phi) is 6.78. The van der Waals surface area contributed by atoms with E-state index in [1.54, 1.807) is 18.2 Å². The first-order valence-electron chi connectivity index (χ1n) is 9.01. The van der Waals surface area contributed by atoms with E-state index in [1.165, 1.54) is 0 Å². The van der Waals surface area contributed by atoms with Crippen molar-refractivity contribution in [2.75, 3.05) is 39.5 Å². The van der Waals surface area contributed by atoms with Crippen molar-refractivity contribution in [1.29, 1.82) is 0 Å². The van der Waals surface area contributed by atoms with Crippen LogP contribution in [0.15, 0.2) is 36.4 Å². The molecule has 1 amide bonds. The zero-order valence-corrected chi connectivity index (χ0v) is 15.3. The molecule has 0 unspecified atom stereocenters. The number of ether oxygens (including phenoxy) is 2. The van der Waals surface area contributed by atoms with Crippen LogP contribution in [-0.2, 0) is 11.3 Å². The van der Waals surface area contributed by atoms with Gasteiger partial charge >= 0.3 is 0 Å². The normalized spacial score (nSPS) is 14.6. The van der Waals surface area contributed by atoms with Crippen molar-refractivity contribution in [2.45, 2.75) is 6.54 Å². The maximum atomic E-state index is 13.8. The Morgan fingerprint density at radius 3 is 2.75 bits per heavy atom. The molecule has 1 fully saturated rings. The Morgan fingerprint density at radius 1 is 1.21 bits per heavy atom. The highest BCUT2D eigenvalue weighted by Gasteiger charge is 2.18. The quantitative estimate of drug-likeness (QED) is 0.757. The van der Waals surface area contributed by atoms with Gasteiger partial charge in [0.25, 0.3) is 5.91 Å². The van der Waals surface area contributed by atoms with Gasteiger partial charge in [0.15, 0.2) is 0 Å².